The highest BCUT2D eigenvalue weighted by Gasteiger charge is 2.09. The lowest BCUT2D eigenvalue weighted by molar-refractivity contribution is 0.364. The van der Waals surface area contributed by atoms with Crippen molar-refractivity contribution < 1.29 is 14.6 Å². The number of methoxy groups -OCH3 is 2. The van der Waals surface area contributed by atoms with Gasteiger partial charge in [-0.2, -0.15) is 5.10 Å². The van der Waals surface area contributed by atoms with Crippen molar-refractivity contribution >= 4 is 11.9 Å². The Hall–Kier alpha value is -2.69. The van der Waals surface area contributed by atoms with Crippen LogP contribution in [0.3, 0.4) is 0 Å². The molecule has 0 aliphatic rings. The van der Waals surface area contributed by atoms with Crippen molar-refractivity contribution in [1.29, 1.82) is 0 Å². The molecule has 0 aromatic heterocycles. The number of phenolic OH excluding ortho intramolecular Hbond substituents is 1. The second-order valence-electron chi connectivity index (χ2n) is 4.00. The quantitative estimate of drug-likeness (QED) is 0.649. The largest absolute Gasteiger partial charge is 0.504 e. The highest BCUT2D eigenvalue weighted by molar-refractivity contribution is 5.86. The number of hydrazone groups is 1. The van der Waals surface area contributed by atoms with Crippen LogP contribution in [0.1, 0.15) is 5.56 Å². The lowest BCUT2D eigenvalue weighted by Crippen LogP contribution is -1.94. The Morgan fingerprint density at radius 1 is 1.10 bits per heavy atom. The molecule has 2 aromatic carbocycles. The summed E-state index contributed by atoms with van der Waals surface area (Å²) in [4.78, 5) is 0. The number of ether oxygens (including phenoxy) is 2. The van der Waals surface area contributed by atoms with Crippen LogP contribution in [0.2, 0.25) is 0 Å². The zero-order chi connectivity index (χ0) is 14.4. The van der Waals surface area contributed by atoms with E-state index in [9.17, 15) is 5.11 Å². The van der Waals surface area contributed by atoms with Crippen molar-refractivity contribution in [2.24, 2.45) is 5.10 Å². The molecule has 0 spiro atoms. The number of hydrogen-bond donors (Lipinski definition) is 2. The van der Waals surface area contributed by atoms with Crippen LogP contribution >= 0.6 is 0 Å². The van der Waals surface area contributed by atoms with E-state index in [1.807, 2.05) is 30.3 Å². The minimum Gasteiger partial charge on any atom is -0.504 e. The third-order valence-corrected chi connectivity index (χ3v) is 2.70. The molecule has 5 nitrogen and oxygen atoms in total. The maximum atomic E-state index is 10.0. The van der Waals surface area contributed by atoms with Crippen LogP contribution < -0.4 is 14.9 Å². The lowest BCUT2D eigenvalue weighted by atomic mass is 10.2. The third kappa shape index (κ3) is 3.20. The van der Waals surface area contributed by atoms with Gasteiger partial charge in [0.2, 0.25) is 0 Å². The van der Waals surface area contributed by atoms with Crippen LogP contribution in [0, 0.1) is 0 Å². The number of para-hydroxylation sites is 1. The molecule has 2 N–H and O–H groups in total. The summed E-state index contributed by atoms with van der Waals surface area (Å²) in [5.74, 6) is 0.943. The normalized spacial score (nSPS) is 10.5. The molecule has 0 radical (unpaired) electrons. The van der Waals surface area contributed by atoms with Gasteiger partial charge in [0.1, 0.15) is 5.75 Å². The number of nitrogens with zero attached hydrogens (tertiary/aromatic N) is 1. The topological polar surface area (TPSA) is 63.1 Å². The van der Waals surface area contributed by atoms with E-state index in [-0.39, 0.29) is 5.75 Å². The van der Waals surface area contributed by atoms with E-state index in [0.717, 1.165) is 5.69 Å². The Morgan fingerprint density at radius 2 is 1.85 bits per heavy atom. The average molecular weight is 272 g/mol. The minimum atomic E-state index is 0.0203. The van der Waals surface area contributed by atoms with Crippen molar-refractivity contribution in [2.75, 3.05) is 19.6 Å². The van der Waals surface area contributed by atoms with E-state index >= 15 is 0 Å². The zero-order valence-corrected chi connectivity index (χ0v) is 11.3. The fourth-order valence-corrected chi connectivity index (χ4v) is 1.66. The van der Waals surface area contributed by atoms with Crippen LogP contribution in [-0.4, -0.2) is 25.5 Å². The smallest absolute Gasteiger partial charge is 0.166 e. The Labute approximate surface area is 117 Å². The maximum absolute atomic E-state index is 10.0. The van der Waals surface area contributed by atoms with Gasteiger partial charge in [0.05, 0.1) is 26.1 Å². The second-order valence-corrected chi connectivity index (χ2v) is 4.00. The fraction of sp³-hybridized carbons (Fsp3) is 0.133. The van der Waals surface area contributed by atoms with Crippen molar-refractivity contribution in [1.82, 2.24) is 0 Å². The molecule has 0 amide bonds. The summed E-state index contributed by atoms with van der Waals surface area (Å²) in [6.07, 6.45) is 1.51. The monoisotopic (exact) mass is 272 g/mol. The molecule has 0 unspecified atom stereocenters. The van der Waals surface area contributed by atoms with E-state index in [4.69, 9.17) is 9.47 Å². The molecule has 20 heavy (non-hydrogen) atoms. The van der Waals surface area contributed by atoms with Gasteiger partial charge in [-0.05, 0) is 18.2 Å². The van der Waals surface area contributed by atoms with Gasteiger partial charge in [-0.25, -0.2) is 0 Å². The summed E-state index contributed by atoms with van der Waals surface area (Å²) in [6, 6.07) is 12.8. The Kier molecular flexibility index (Phi) is 4.44. The van der Waals surface area contributed by atoms with Crippen molar-refractivity contribution in [3.63, 3.8) is 0 Å². The lowest BCUT2D eigenvalue weighted by Gasteiger charge is -2.09. The van der Waals surface area contributed by atoms with Gasteiger partial charge in [-0.3, -0.25) is 5.43 Å². The Balaban J connectivity index is 2.20. The molecule has 0 saturated carbocycles. The first kappa shape index (κ1) is 13.7. The summed E-state index contributed by atoms with van der Waals surface area (Å²) in [5, 5.41) is 14.1. The molecule has 2 rings (SSSR count). The third-order valence-electron chi connectivity index (χ3n) is 2.70. The number of anilines is 1. The van der Waals surface area contributed by atoms with Gasteiger partial charge in [-0.1, -0.05) is 18.2 Å². The molecule has 104 valence electrons. The molecular weight excluding hydrogens is 256 g/mol. The summed E-state index contributed by atoms with van der Waals surface area (Å²) < 4.78 is 10.2. The van der Waals surface area contributed by atoms with Gasteiger partial charge in [0, 0.05) is 11.6 Å². The Morgan fingerprint density at radius 3 is 2.50 bits per heavy atom. The van der Waals surface area contributed by atoms with Crippen LogP contribution in [0.5, 0.6) is 17.2 Å². The predicted octanol–water partition coefficient (Wildman–Crippen LogP) is 2.86. The molecule has 0 aliphatic heterocycles. The van der Waals surface area contributed by atoms with Gasteiger partial charge < -0.3 is 14.6 Å². The van der Waals surface area contributed by atoms with Crippen molar-refractivity contribution in [2.45, 2.75) is 0 Å². The molecule has 0 bridgehead atoms. The van der Waals surface area contributed by atoms with Crippen LogP contribution in [0.25, 0.3) is 0 Å². The number of rotatable bonds is 5. The molecule has 0 fully saturated rings. The number of aromatic hydroxyl groups is 1. The maximum Gasteiger partial charge on any atom is 0.166 e. The Bertz CT molecular complexity index is 598. The first-order chi connectivity index (χ1) is 9.74. The van der Waals surface area contributed by atoms with Crippen molar-refractivity contribution in [3.05, 3.63) is 48.0 Å². The van der Waals surface area contributed by atoms with Crippen molar-refractivity contribution in [3.8, 4) is 17.2 Å². The van der Waals surface area contributed by atoms with Gasteiger partial charge >= 0.3 is 0 Å². The average Bonchev–Trinajstić information content (AvgIpc) is 2.50. The molecule has 2 aromatic rings. The molecule has 5 heteroatoms. The highest BCUT2D eigenvalue weighted by Crippen LogP contribution is 2.33. The predicted molar refractivity (Wildman–Crippen MR) is 78.9 cm³/mol. The molecule has 0 atom stereocenters. The van der Waals surface area contributed by atoms with Crippen LogP contribution in [0.4, 0.5) is 5.69 Å². The second kappa shape index (κ2) is 6.47. The molecule has 0 saturated heterocycles. The standard InChI is InChI=1S/C15H16N2O3/c1-19-13-8-11(15(18)14(9-13)20-2)10-16-17-12-6-4-3-5-7-12/h3-10,17-18H,1-2H3. The van der Waals surface area contributed by atoms with E-state index in [1.54, 1.807) is 19.2 Å². The summed E-state index contributed by atoms with van der Waals surface area (Å²) in [5.41, 5.74) is 4.24. The summed E-state index contributed by atoms with van der Waals surface area (Å²) >= 11 is 0. The fourth-order valence-electron chi connectivity index (χ4n) is 1.66. The van der Waals surface area contributed by atoms with E-state index in [0.29, 0.717) is 17.1 Å². The van der Waals surface area contributed by atoms with Crippen LogP contribution in [-0.2, 0) is 0 Å². The summed E-state index contributed by atoms with van der Waals surface area (Å²) in [6.45, 7) is 0. The minimum absolute atomic E-state index is 0.0203. The molecular formula is C15H16N2O3. The van der Waals surface area contributed by atoms with E-state index in [2.05, 4.69) is 10.5 Å². The SMILES string of the molecule is COc1cc(C=NNc2ccccc2)c(O)c(OC)c1. The van der Waals surface area contributed by atoms with Crippen LogP contribution in [0.15, 0.2) is 47.6 Å². The number of nitrogens with one attached hydrogen (secondary N) is 1. The zero-order valence-electron chi connectivity index (χ0n) is 11.3. The highest BCUT2D eigenvalue weighted by atomic mass is 16.5. The van der Waals surface area contributed by atoms with E-state index < -0.39 is 0 Å². The van der Waals surface area contributed by atoms with Gasteiger partial charge in [0.15, 0.2) is 11.5 Å². The van der Waals surface area contributed by atoms with Gasteiger partial charge in [-0.15, -0.1) is 0 Å². The molecule has 0 aliphatic carbocycles. The first-order valence-electron chi connectivity index (χ1n) is 6.03. The number of benzene rings is 2. The molecule has 0 heterocycles. The summed E-state index contributed by atoms with van der Waals surface area (Å²) in [7, 11) is 3.03. The van der Waals surface area contributed by atoms with Gasteiger partial charge in [0.25, 0.3) is 0 Å². The van der Waals surface area contributed by atoms with E-state index in [1.165, 1.54) is 13.3 Å². The first-order valence-corrected chi connectivity index (χ1v) is 6.03. The number of hydrogen-bond acceptors (Lipinski definition) is 5. The number of phenols is 1.